The molecule has 3 aromatic carbocycles. The average molecular weight is 596 g/mol. The molecular formula is C29H24BrClN2O5. The van der Waals surface area contributed by atoms with Crippen molar-refractivity contribution in [1.82, 2.24) is 5.32 Å². The minimum Gasteiger partial charge on any atom is -0.490 e. The van der Waals surface area contributed by atoms with Gasteiger partial charge in [-0.05, 0) is 73.0 Å². The lowest BCUT2D eigenvalue weighted by molar-refractivity contribution is -0.122. The second-order valence-electron chi connectivity index (χ2n) is 8.29. The van der Waals surface area contributed by atoms with E-state index in [2.05, 4.69) is 27.8 Å². The normalized spacial score (nSPS) is 14.4. The molecule has 38 heavy (non-hydrogen) atoms. The molecule has 0 atom stereocenters. The van der Waals surface area contributed by atoms with Crippen LogP contribution in [0.5, 0.6) is 11.5 Å². The van der Waals surface area contributed by atoms with Gasteiger partial charge in [-0.25, -0.2) is 9.69 Å². The minimum atomic E-state index is -0.849. The van der Waals surface area contributed by atoms with Gasteiger partial charge in [-0.3, -0.25) is 14.9 Å². The maximum absolute atomic E-state index is 13.3. The Morgan fingerprint density at radius 1 is 1.05 bits per heavy atom. The van der Waals surface area contributed by atoms with Crippen LogP contribution in [0.15, 0.2) is 83.4 Å². The Morgan fingerprint density at radius 2 is 1.82 bits per heavy atom. The molecule has 1 heterocycles. The SMILES string of the molecule is C=CCc1cc(/C=C2\C(=O)NC(=O)N(c3cccc(Cl)c3)C2=O)cc(OCC)c1OCc1ccc(Br)cc1. The summed E-state index contributed by atoms with van der Waals surface area (Å²) in [5.74, 6) is -0.550. The molecule has 1 aliphatic rings. The van der Waals surface area contributed by atoms with Gasteiger partial charge in [0.2, 0.25) is 0 Å². The summed E-state index contributed by atoms with van der Waals surface area (Å²) in [6.45, 7) is 6.38. The summed E-state index contributed by atoms with van der Waals surface area (Å²) in [7, 11) is 0. The number of barbiturate groups is 1. The third-order valence-electron chi connectivity index (χ3n) is 5.59. The number of hydrogen-bond donors (Lipinski definition) is 1. The fraction of sp³-hybridized carbons (Fsp3) is 0.138. The van der Waals surface area contributed by atoms with Crippen molar-refractivity contribution >= 4 is 57.1 Å². The third-order valence-corrected chi connectivity index (χ3v) is 6.36. The number of ether oxygens (including phenoxy) is 2. The first-order chi connectivity index (χ1) is 18.3. The van der Waals surface area contributed by atoms with Gasteiger partial charge in [0.15, 0.2) is 11.5 Å². The number of nitrogens with one attached hydrogen (secondary N) is 1. The molecule has 1 fully saturated rings. The summed E-state index contributed by atoms with van der Waals surface area (Å²) in [6.07, 6.45) is 3.61. The summed E-state index contributed by atoms with van der Waals surface area (Å²) < 4.78 is 13.0. The molecule has 0 aliphatic carbocycles. The molecule has 0 radical (unpaired) electrons. The summed E-state index contributed by atoms with van der Waals surface area (Å²) in [5, 5.41) is 2.57. The van der Waals surface area contributed by atoms with Crippen LogP contribution in [-0.2, 0) is 22.6 Å². The number of carbonyl (C=O) groups excluding carboxylic acids is 3. The molecule has 194 valence electrons. The highest BCUT2D eigenvalue weighted by Crippen LogP contribution is 2.36. The maximum atomic E-state index is 13.3. The van der Waals surface area contributed by atoms with Gasteiger partial charge in [0.1, 0.15) is 12.2 Å². The van der Waals surface area contributed by atoms with Crippen molar-refractivity contribution in [2.24, 2.45) is 0 Å². The lowest BCUT2D eigenvalue weighted by Crippen LogP contribution is -2.54. The zero-order chi connectivity index (χ0) is 27.2. The van der Waals surface area contributed by atoms with Crippen LogP contribution in [0.1, 0.15) is 23.6 Å². The highest BCUT2D eigenvalue weighted by molar-refractivity contribution is 9.10. The summed E-state index contributed by atoms with van der Waals surface area (Å²) >= 11 is 9.48. The van der Waals surface area contributed by atoms with E-state index in [0.717, 1.165) is 20.5 Å². The average Bonchev–Trinajstić information content (AvgIpc) is 2.87. The van der Waals surface area contributed by atoms with E-state index in [1.165, 1.54) is 12.1 Å². The van der Waals surface area contributed by atoms with Gasteiger partial charge >= 0.3 is 6.03 Å². The van der Waals surface area contributed by atoms with Gasteiger partial charge in [-0.1, -0.05) is 51.8 Å². The monoisotopic (exact) mass is 594 g/mol. The smallest absolute Gasteiger partial charge is 0.335 e. The van der Waals surface area contributed by atoms with Crippen LogP contribution in [0, 0.1) is 0 Å². The second kappa shape index (κ2) is 12.1. The molecule has 4 rings (SSSR count). The van der Waals surface area contributed by atoms with Gasteiger partial charge in [-0.2, -0.15) is 0 Å². The lowest BCUT2D eigenvalue weighted by atomic mass is 10.0. The van der Waals surface area contributed by atoms with E-state index in [4.69, 9.17) is 21.1 Å². The summed E-state index contributed by atoms with van der Waals surface area (Å²) in [4.78, 5) is 39.4. The van der Waals surface area contributed by atoms with E-state index >= 15 is 0 Å². The zero-order valence-corrected chi connectivity index (χ0v) is 22.8. The number of carbonyl (C=O) groups is 3. The lowest BCUT2D eigenvalue weighted by Gasteiger charge is -2.26. The number of anilines is 1. The van der Waals surface area contributed by atoms with Crippen molar-refractivity contribution < 1.29 is 23.9 Å². The number of halogens is 2. The molecule has 0 spiro atoms. The zero-order valence-electron chi connectivity index (χ0n) is 20.5. The number of benzene rings is 3. The third kappa shape index (κ3) is 6.15. The largest absolute Gasteiger partial charge is 0.490 e. The van der Waals surface area contributed by atoms with Gasteiger partial charge in [0.05, 0.1) is 12.3 Å². The van der Waals surface area contributed by atoms with Crippen LogP contribution in [0.3, 0.4) is 0 Å². The van der Waals surface area contributed by atoms with Crippen LogP contribution in [0.4, 0.5) is 10.5 Å². The molecular weight excluding hydrogens is 572 g/mol. The minimum absolute atomic E-state index is 0.208. The first-order valence-corrected chi connectivity index (χ1v) is 12.9. The number of imide groups is 2. The molecule has 1 N–H and O–H groups in total. The summed E-state index contributed by atoms with van der Waals surface area (Å²) in [6, 6.07) is 16.7. The standard InChI is InChI=1S/C29H24BrClN2O5/c1-3-6-20-13-19(15-25(37-4-2)26(20)38-17-18-9-11-21(30)12-10-18)14-24-27(34)32-29(36)33(28(24)35)23-8-5-7-22(31)16-23/h3,5,7-16H,1,4,6,17H2,2H3,(H,32,34,36)/b24-14+. The van der Waals surface area contributed by atoms with Crippen molar-refractivity contribution in [3.63, 3.8) is 0 Å². The van der Waals surface area contributed by atoms with Crippen molar-refractivity contribution in [3.8, 4) is 11.5 Å². The predicted molar refractivity (Wildman–Crippen MR) is 150 cm³/mol. The highest BCUT2D eigenvalue weighted by atomic mass is 79.9. The van der Waals surface area contributed by atoms with E-state index in [9.17, 15) is 14.4 Å². The quantitative estimate of drug-likeness (QED) is 0.174. The maximum Gasteiger partial charge on any atom is 0.335 e. The Hall–Kier alpha value is -3.88. The number of allylic oxidation sites excluding steroid dienone is 1. The Kier molecular flexibility index (Phi) is 8.66. The number of urea groups is 1. The molecule has 9 heteroatoms. The molecule has 0 aromatic heterocycles. The Bertz CT molecular complexity index is 1440. The molecule has 4 amide bonds. The second-order valence-corrected chi connectivity index (χ2v) is 9.64. The van der Waals surface area contributed by atoms with E-state index < -0.39 is 17.8 Å². The van der Waals surface area contributed by atoms with E-state index in [1.807, 2.05) is 31.2 Å². The number of hydrogen-bond acceptors (Lipinski definition) is 5. The van der Waals surface area contributed by atoms with Crippen LogP contribution in [-0.4, -0.2) is 24.5 Å². The number of rotatable bonds is 9. The van der Waals surface area contributed by atoms with Gasteiger partial charge in [-0.15, -0.1) is 6.58 Å². The van der Waals surface area contributed by atoms with Crippen molar-refractivity contribution in [2.45, 2.75) is 20.0 Å². The fourth-order valence-corrected chi connectivity index (χ4v) is 4.36. The van der Waals surface area contributed by atoms with E-state index in [1.54, 1.807) is 36.4 Å². The van der Waals surface area contributed by atoms with Crippen molar-refractivity contribution in [2.75, 3.05) is 11.5 Å². The van der Waals surface area contributed by atoms with Crippen LogP contribution < -0.4 is 19.7 Å². The van der Waals surface area contributed by atoms with Crippen LogP contribution in [0.2, 0.25) is 5.02 Å². The first kappa shape index (κ1) is 27.2. The van der Waals surface area contributed by atoms with Crippen LogP contribution in [0.25, 0.3) is 6.08 Å². The molecule has 0 unspecified atom stereocenters. The topological polar surface area (TPSA) is 84.9 Å². The van der Waals surface area contributed by atoms with Crippen LogP contribution >= 0.6 is 27.5 Å². The Morgan fingerprint density at radius 3 is 2.50 bits per heavy atom. The fourth-order valence-electron chi connectivity index (χ4n) is 3.91. The van der Waals surface area contributed by atoms with E-state index in [0.29, 0.717) is 41.7 Å². The van der Waals surface area contributed by atoms with Gasteiger partial charge < -0.3 is 9.47 Å². The molecule has 1 aliphatic heterocycles. The highest BCUT2D eigenvalue weighted by Gasteiger charge is 2.37. The predicted octanol–water partition coefficient (Wildman–Crippen LogP) is 6.48. The molecule has 3 aromatic rings. The van der Waals surface area contributed by atoms with Gasteiger partial charge in [0, 0.05) is 15.1 Å². The Balaban J connectivity index is 1.71. The van der Waals surface area contributed by atoms with E-state index in [-0.39, 0.29) is 11.3 Å². The molecule has 0 bridgehead atoms. The number of amides is 4. The van der Waals surface area contributed by atoms with Crippen molar-refractivity contribution in [1.29, 1.82) is 0 Å². The Labute approximate surface area is 233 Å². The number of nitrogens with zero attached hydrogens (tertiary/aromatic N) is 1. The van der Waals surface area contributed by atoms with Crippen molar-refractivity contribution in [3.05, 3.63) is 105 Å². The first-order valence-electron chi connectivity index (χ1n) is 11.8. The summed E-state index contributed by atoms with van der Waals surface area (Å²) in [5.41, 5.74) is 2.31. The van der Waals surface area contributed by atoms with Gasteiger partial charge in [0.25, 0.3) is 11.8 Å². The molecule has 7 nitrogen and oxygen atoms in total. The molecule has 0 saturated carbocycles. The molecule has 1 saturated heterocycles.